The second-order valence-electron chi connectivity index (χ2n) is 3.54. The standard InChI is InChI=1S/C11H14N5O/c1-9-12-4-3-11(14-9)15-10-7-13-16(8-10)5-6-17-2/h3,7-8H,5-6H2,1-2H3,(H,12,14,15). The molecule has 0 aliphatic carbocycles. The highest BCUT2D eigenvalue weighted by atomic mass is 16.5. The van der Waals surface area contributed by atoms with E-state index in [-0.39, 0.29) is 0 Å². The molecule has 0 fully saturated rings. The zero-order valence-corrected chi connectivity index (χ0v) is 9.84. The summed E-state index contributed by atoms with van der Waals surface area (Å²) in [5.41, 5.74) is 0.882. The summed E-state index contributed by atoms with van der Waals surface area (Å²) in [7, 11) is 1.67. The van der Waals surface area contributed by atoms with Crippen molar-refractivity contribution in [2.45, 2.75) is 13.5 Å². The van der Waals surface area contributed by atoms with Gasteiger partial charge in [-0.15, -0.1) is 0 Å². The lowest BCUT2D eigenvalue weighted by molar-refractivity contribution is 0.183. The number of aryl methyl sites for hydroxylation is 1. The molecule has 0 saturated carbocycles. The second kappa shape index (κ2) is 5.40. The van der Waals surface area contributed by atoms with Crippen molar-refractivity contribution in [1.29, 1.82) is 0 Å². The summed E-state index contributed by atoms with van der Waals surface area (Å²) >= 11 is 0. The van der Waals surface area contributed by atoms with Gasteiger partial charge in [0, 0.05) is 19.4 Å². The van der Waals surface area contributed by atoms with E-state index in [1.807, 2.05) is 17.8 Å². The molecule has 0 spiro atoms. The number of nitrogens with zero attached hydrogens (tertiary/aromatic N) is 4. The van der Waals surface area contributed by atoms with Gasteiger partial charge in [0.25, 0.3) is 0 Å². The van der Waals surface area contributed by atoms with Crippen LogP contribution in [0.4, 0.5) is 11.5 Å². The monoisotopic (exact) mass is 232 g/mol. The van der Waals surface area contributed by atoms with E-state index in [1.54, 1.807) is 19.4 Å². The summed E-state index contributed by atoms with van der Waals surface area (Å²) in [5.74, 6) is 1.39. The van der Waals surface area contributed by atoms with E-state index in [4.69, 9.17) is 4.74 Å². The maximum absolute atomic E-state index is 4.98. The molecule has 6 heteroatoms. The van der Waals surface area contributed by atoms with E-state index in [0.717, 1.165) is 12.2 Å². The van der Waals surface area contributed by atoms with Crippen LogP contribution in [0.25, 0.3) is 0 Å². The van der Waals surface area contributed by atoms with Crippen LogP contribution in [0.2, 0.25) is 0 Å². The fourth-order valence-corrected chi connectivity index (χ4v) is 1.37. The molecule has 0 aliphatic heterocycles. The third-order valence-corrected chi connectivity index (χ3v) is 2.14. The molecule has 2 aromatic rings. The van der Waals surface area contributed by atoms with Crippen molar-refractivity contribution in [2.75, 3.05) is 19.0 Å². The predicted molar refractivity (Wildman–Crippen MR) is 63.0 cm³/mol. The number of aromatic nitrogens is 4. The van der Waals surface area contributed by atoms with E-state index in [1.165, 1.54) is 0 Å². The van der Waals surface area contributed by atoms with E-state index >= 15 is 0 Å². The molecule has 2 rings (SSSR count). The number of hydrogen-bond donors (Lipinski definition) is 1. The van der Waals surface area contributed by atoms with Crippen molar-refractivity contribution in [1.82, 2.24) is 19.7 Å². The van der Waals surface area contributed by atoms with Gasteiger partial charge in [-0.3, -0.25) is 4.68 Å². The van der Waals surface area contributed by atoms with E-state index in [9.17, 15) is 0 Å². The Morgan fingerprint density at radius 3 is 3.18 bits per heavy atom. The second-order valence-corrected chi connectivity index (χ2v) is 3.54. The molecule has 1 N–H and O–H groups in total. The van der Waals surface area contributed by atoms with Crippen molar-refractivity contribution >= 4 is 11.5 Å². The summed E-state index contributed by atoms with van der Waals surface area (Å²) in [6.07, 6.45) is 6.41. The van der Waals surface area contributed by atoms with Crippen LogP contribution in [-0.2, 0) is 11.3 Å². The maximum Gasteiger partial charge on any atom is 0.134 e. The topological polar surface area (TPSA) is 64.9 Å². The van der Waals surface area contributed by atoms with E-state index < -0.39 is 0 Å². The van der Waals surface area contributed by atoms with Gasteiger partial charge in [-0.1, -0.05) is 0 Å². The van der Waals surface area contributed by atoms with Crippen LogP contribution < -0.4 is 5.32 Å². The van der Waals surface area contributed by atoms with Gasteiger partial charge in [-0.2, -0.15) is 5.10 Å². The number of ether oxygens (including phenoxy) is 1. The first-order chi connectivity index (χ1) is 8.28. The van der Waals surface area contributed by atoms with Gasteiger partial charge in [0.2, 0.25) is 0 Å². The molecule has 0 unspecified atom stereocenters. The molecule has 2 heterocycles. The van der Waals surface area contributed by atoms with Crippen molar-refractivity contribution < 1.29 is 4.74 Å². The molecule has 0 aliphatic rings. The van der Waals surface area contributed by atoms with E-state index in [0.29, 0.717) is 18.2 Å². The third kappa shape index (κ3) is 3.25. The number of anilines is 2. The van der Waals surface area contributed by atoms with Gasteiger partial charge in [-0.25, -0.2) is 9.97 Å². The lowest BCUT2D eigenvalue weighted by Gasteiger charge is -2.02. The summed E-state index contributed by atoms with van der Waals surface area (Å²) in [4.78, 5) is 8.14. The summed E-state index contributed by atoms with van der Waals surface area (Å²) in [6, 6.07) is 1.69. The molecule has 0 bridgehead atoms. The van der Waals surface area contributed by atoms with Gasteiger partial charge in [0.05, 0.1) is 31.2 Å². The van der Waals surface area contributed by atoms with Crippen LogP contribution in [-0.4, -0.2) is 33.5 Å². The lowest BCUT2D eigenvalue weighted by Crippen LogP contribution is -2.04. The minimum atomic E-state index is 0.640. The molecule has 0 aromatic carbocycles. The Labute approximate surface area is 99.7 Å². The zero-order chi connectivity index (χ0) is 12.1. The summed E-state index contributed by atoms with van der Waals surface area (Å²) in [5, 5.41) is 7.33. The molecule has 1 radical (unpaired) electrons. The minimum Gasteiger partial charge on any atom is -0.383 e. The van der Waals surface area contributed by atoms with Gasteiger partial charge in [0.15, 0.2) is 0 Å². The van der Waals surface area contributed by atoms with E-state index in [2.05, 4.69) is 26.6 Å². The number of nitrogens with one attached hydrogen (secondary N) is 1. The highest BCUT2D eigenvalue weighted by Gasteiger charge is 2.00. The zero-order valence-electron chi connectivity index (χ0n) is 9.84. The van der Waals surface area contributed by atoms with Crippen molar-refractivity contribution in [3.63, 3.8) is 0 Å². The number of methoxy groups -OCH3 is 1. The molecule has 0 saturated heterocycles. The van der Waals surface area contributed by atoms with Crippen LogP contribution in [0.15, 0.2) is 18.5 Å². The van der Waals surface area contributed by atoms with Gasteiger partial charge >= 0.3 is 0 Å². The molecular weight excluding hydrogens is 218 g/mol. The van der Waals surface area contributed by atoms with Gasteiger partial charge in [0.1, 0.15) is 11.6 Å². The molecule has 6 nitrogen and oxygen atoms in total. The first-order valence-corrected chi connectivity index (χ1v) is 5.28. The summed E-state index contributed by atoms with van der Waals surface area (Å²) in [6.45, 7) is 3.19. The Hall–Kier alpha value is -1.95. The van der Waals surface area contributed by atoms with Gasteiger partial charge in [-0.05, 0) is 6.92 Å². The fraction of sp³-hybridized carbons (Fsp3) is 0.364. The maximum atomic E-state index is 4.98. The predicted octanol–water partition coefficient (Wildman–Crippen LogP) is 1.17. The lowest BCUT2D eigenvalue weighted by atomic mass is 10.5. The number of rotatable bonds is 5. The Balaban J connectivity index is 2.01. The first-order valence-electron chi connectivity index (χ1n) is 5.28. The molecule has 0 atom stereocenters. The smallest absolute Gasteiger partial charge is 0.134 e. The number of hydrogen-bond acceptors (Lipinski definition) is 5. The normalized spacial score (nSPS) is 10.5. The summed E-state index contributed by atoms with van der Waals surface area (Å²) < 4.78 is 6.79. The van der Waals surface area contributed by atoms with Crippen LogP contribution in [0.1, 0.15) is 5.82 Å². The fourth-order valence-electron chi connectivity index (χ4n) is 1.37. The molecule has 2 aromatic heterocycles. The molecule has 89 valence electrons. The first kappa shape index (κ1) is 11.5. The Morgan fingerprint density at radius 2 is 2.41 bits per heavy atom. The average Bonchev–Trinajstić information content (AvgIpc) is 2.74. The Kier molecular flexibility index (Phi) is 3.66. The molecule has 0 amide bonds. The quantitative estimate of drug-likeness (QED) is 0.838. The third-order valence-electron chi connectivity index (χ3n) is 2.14. The highest BCUT2D eigenvalue weighted by Crippen LogP contribution is 2.12. The Morgan fingerprint density at radius 1 is 1.53 bits per heavy atom. The highest BCUT2D eigenvalue weighted by molar-refractivity contribution is 5.53. The van der Waals surface area contributed by atoms with Gasteiger partial charge < -0.3 is 10.1 Å². The minimum absolute atomic E-state index is 0.640. The van der Waals surface area contributed by atoms with Crippen LogP contribution >= 0.6 is 0 Å². The van der Waals surface area contributed by atoms with Crippen molar-refractivity contribution in [2.24, 2.45) is 0 Å². The van der Waals surface area contributed by atoms with Crippen molar-refractivity contribution in [3.05, 3.63) is 30.5 Å². The Bertz CT molecular complexity index is 482. The van der Waals surface area contributed by atoms with Crippen LogP contribution in [0, 0.1) is 13.1 Å². The van der Waals surface area contributed by atoms with Crippen LogP contribution in [0.3, 0.4) is 0 Å². The van der Waals surface area contributed by atoms with Crippen molar-refractivity contribution in [3.8, 4) is 0 Å². The SMILES string of the molecule is COCCn1cc(Nc2c[c]nc(C)n2)cn1. The van der Waals surface area contributed by atoms with Crippen LogP contribution in [0.5, 0.6) is 0 Å². The average molecular weight is 232 g/mol. The molecular formula is C11H14N5O. The molecule has 17 heavy (non-hydrogen) atoms. The largest absolute Gasteiger partial charge is 0.383 e.